The topological polar surface area (TPSA) is 102 Å². The molecule has 0 atom stereocenters. The Morgan fingerprint density at radius 3 is 2.33 bits per heavy atom. The lowest BCUT2D eigenvalue weighted by atomic mass is 10.1. The quantitative estimate of drug-likeness (QED) is 0.630. The van der Waals surface area contributed by atoms with Crippen molar-refractivity contribution < 1.29 is 8.42 Å². The van der Waals surface area contributed by atoms with Crippen LogP contribution in [0, 0.1) is 0 Å². The molecule has 1 aromatic rings. The van der Waals surface area contributed by atoms with Crippen molar-refractivity contribution in [1.29, 1.82) is 0 Å². The number of aliphatic imine (C=N–C) groups is 1. The Balaban J connectivity index is 1.88. The molecule has 0 aromatic heterocycles. The largest absolute Gasteiger partial charge is 0.370 e. The number of nitrogens with zero attached hydrogens (tertiary/aromatic N) is 2. The van der Waals surface area contributed by atoms with Gasteiger partial charge in [0.2, 0.25) is 10.0 Å². The van der Waals surface area contributed by atoms with E-state index in [-0.39, 0.29) is 4.90 Å². The second kappa shape index (κ2) is 6.91. The average molecular weight is 310 g/mol. The molecule has 116 valence electrons. The van der Waals surface area contributed by atoms with Gasteiger partial charge in [-0.05, 0) is 43.4 Å². The summed E-state index contributed by atoms with van der Waals surface area (Å²) >= 11 is 0. The summed E-state index contributed by atoms with van der Waals surface area (Å²) in [5.74, 6) is 0.607. The van der Waals surface area contributed by atoms with E-state index in [1.807, 2.05) is 0 Å². The number of primary sulfonamides is 1. The van der Waals surface area contributed by atoms with Gasteiger partial charge in [0.1, 0.15) is 0 Å². The smallest absolute Gasteiger partial charge is 0.238 e. The molecule has 6 nitrogen and oxygen atoms in total. The standard InChI is InChI=1S/C14H22N4O2S/c15-14(18-10-2-1-3-11-18)17-9-8-12-4-6-13(7-5-12)21(16,19)20/h4-7H,1-3,8-11H2,(H2,15,17)(H2,16,19,20). The van der Waals surface area contributed by atoms with E-state index in [9.17, 15) is 8.42 Å². The highest BCUT2D eigenvalue weighted by atomic mass is 32.2. The lowest BCUT2D eigenvalue weighted by molar-refractivity contribution is 0.338. The minimum absolute atomic E-state index is 0.127. The normalized spacial score (nSPS) is 17.0. The van der Waals surface area contributed by atoms with Crippen molar-refractivity contribution in [2.45, 2.75) is 30.6 Å². The Kier molecular flexibility index (Phi) is 5.19. The molecule has 1 aliphatic heterocycles. The molecule has 0 spiro atoms. The first kappa shape index (κ1) is 15.8. The molecular formula is C14H22N4O2S. The Morgan fingerprint density at radius 2 is 1.76 bits per heavy atom. The van der Waals surface area contributed by atoms with Gasteiger partial charge in [0.15, 0.2) is 5.96 Å². The predicted octanol–water partition coefficient (Wildman–Crippen LogP) is 0.677. The first-order valence-electron chi connectivity index (χ1n) is 7.13. The zero-order valence-corrected chi connectivity index (χ0v) is 12.8. The summed E-state index contributed by atoms with van der Waals surface area (Å²) < 4.78 is 22.3. The molecular weight excluding hydrogens is 288 g/mol. The van der Waals surface area contributed by atoms with Crippen LogP contribution in [-0.2, 0) is 16.4 Å². The second-order valence-corrected chi connectivity index (χ2v) is 6.79. The number of guanidine groups is 1. The van der Waals surface area contributed by atoms with Crippen LogP contribution < -0.4 is 10.9 Å². The molecule has 1 heterocycles. The lowest BCUT2D eigenvalue weighted by Gasteiger charge is -2.27. The molecule has 4 N–H and O–H groups in total. The van der Waals surface area contributed by atoms with Crippen LogP contribution in [-0.4, -0.2) is 38.9 Å². The molecule has 1 aromatic carbocycles. The SMILES string of the molecule is NC(=NCCc1ccc(S(N)(=O)=O)cc1)N1CCCCC1. The van der Waals surface area contributed by atoms with Gasteiger partial charge in [-0.3, -0.25) is 4.99 Å². The molecule has 0 bridgehead atoms. The van der Waals surface area contributed by atoms with Crippen LogP contribution in [0.2, 0.25) is 0 Å². The number of benzene rings is 1. The zero-order valence-electron chi connectivity index (χ0n) is 12.0. The molecule has 0 amide bonds. The first-order valence-corrected chi connectivity index (χ1v) is 8.68. The maximum atomic E-state index is 11.2. The third-order valence-corrected chi connectivity index (χ3v) is 4.54. The van der Waals surface area contributed by atoms with Crippen molar-refractivity contribution in [1.82, 2.24) is 4.90 Å². The van der Waals surface area contributed by atoms with E-state index < -0.39 is 10.0 Å². The Morgan fingerprint density at radius 1 is 1.14 bits per heavy atom. The minimum atomic E-state index is -3.62. The van der Waals surface area contributed by atoms with E-state index in [2.05, 4.69) is 9.89 Å². The van der Waals surface area contributed by atoms with Crippen LogP contribution in [0.1, 0.15) is 24.8 Å². The molecule has 2 rings (SSSR count). The van der Waals surface area contributed by atoms with Gasteiger partial charge in [-0.2, -0.15) is 0 Å². The molecule has 21 heavy (non-hydrogen) atoms. The van der Waals surface area contributed by atoms with E-state index in [4.69, 9.17) is 10.9 Å². The highest BCUT2D eigenvalue weighted by Crippen LogP contribution is 2.10. The lowest BCUT2D eigenvalue weighted by Crippen LogP contribution is -2.41. The van der Waals surface area contributed by atoms with E-state index in [1.54, 1.807) is 12.1 Å². The molecule has 0 unspecified atom stereocenters. The van der Waals surface area contributed by atoms with Crippen molar-refractivity contribution in [2.24, 2.45) is 15.9 Å². The monoisotopic (exact) mass is 310 g/mol. The van der Waals surface area contributed by atoms with Crippen molar-refractivity contribution in [3.63, 3.8) is 0 Å². The molecule has 0 radical (unpaired) electrons. The van der Waals surface area contributed by atoms with Gasteiger partial charge in [-0.25, -0.2) is 13.6 Å². The number of hydrogen-bond acceptors (Lipinski definition) is 3. The van der Waals surface area contributed by atoms with Gasteiger partial charge < -0.3 is 10.6 Å². The fourth-order valence-corrected chi connectivity index (χ4v) is 2.88. The number of rotatable bonds is 4. The van der Waals surface area contributed by atoms with Crippen molar-refractivity contribution in [2.75, 3.05) is 19.6 Å². The van der Waals surface area contributed by atoms with Gasteiger partial charge >= 0.3 is 0 Å². The van der Waals surface area contributed by atoms with E-state index in [0.717, 1.165) is 25.1 Å². The fraction of sp³-hybridized carbons (Fsp3) is 0.500. The number of sulfonamides is 1. The molecule has 1 saturated heterocycles. The van der Waals surface area contributed by atoms with Gasteiger partial charge in [0.25, 0.3) is 0 Å². The number of likely N-dealkylation sites (tertiary alicyclic amines) is 1. The van der Waals surface area contributed by atoms with Gasteiger partial charge in [-0.15, -0.1) is 0 Å². The number of hydrogen-bond donors (Lipinski definition) is 2. The highest BCUT2D eigenvalue weighted by Gasteiger charge is 2.11. The Labute approximate surface area is 125 Å². The molecule has 1 aliphatic rings. The predicted molar refractivity (Wildman–Crippen MR) is 83.4 cm³/mol. The van der Waals surface area contributed by atoms with Crippen LogP contribution >= 0.6 is 0 Å². The third kappa shape index (κ3) is 4.71. The summed E-state index contributed by atoms with van der Waals surface area (Å²) in [6.45, 7) is 2.56. The van der Waals surface area contributed by atoms with E-state index >= 15 is 0 Å². The van der Waals surface area contributed by atoms with Crippen molar-refractivity contribution in [3.05, 3.63) is 29.8 Å². The molecule has 1 fully saturated rings. The second-order valence-electron chi connectivity index (χ2n) is 5.23. The highest BCUT2D eigenvalue weighted by molar-refractivity contribution is 7.89. The van der Waals surface area contributed by atoms with Gasteiger partial charge in [-0.1, -0.05) is 12.1 Å². The summed E-state index contributed by atoms with van der Waals surface area (Å²) in [7, 11) is -3.62. The molecule has 0 saturated carbocycles. The van der Waals surface area contributed by atoms with Crippen LogP contribution in [0.15, 0.2) is 34.2 Å². The maximum Gasteiger partial charge on any atom is 0.238 e. The van der Waals surface area contributed by atoms with E-state index in [1.165, 1.54) is 31.4 Å². The summed E-state index contributed by atoms with van der Waals surface area (Å²) in [6.07, 6.45) is 4.33. The zero-order chi connectivity index (χ0) is 15.3. The van der Waals surface area contributed by atoms with Crippen LogP contribution in [0.5, 0.6) is 0 Å². The van der Waals surface area contributed by atoms with Gasteiger partial charge in [0.05, 0.1) is 4.90 Å². The first-order chi connectivity index (χ1) is 9.97. The maximum absolute atomic E-state index is 11.2. The third-order valence-electron chi connectivity index (χ3n) is 3.61. The fourth-order valence-electron chi connectivity index (χ4n) is 2.37. The summed E-state index contributed by atoms with van der Waals surface area (Å²) in [5.41, 5.74) is 6.99. The number of piperidine rings is 1. The minimum Gasteiger partial charge on any atom is -0.370 e. The number of nitrogens with two attached hydrogens (primary N) is 2. The van der Waals surface area contributed by atoms with E-state index in [0.29, 0.717) is 12.5 Å². The van der Waals surface area contributed by atoms with Crippen LogP contribution in [0.3, 0.4) is 0 Å². The van der Waals surface area contributed by atoms with Crippen molar-refractivity contribution >= 4 is 16.0 Å². The summed E-state index contributed by atoms with van der Waals surface area (Å²) in [6, 6.07) is 6.55. The van der Waals surface area contributed by atoms with Crippen molar-refractivity contribution in [3.8, 4) is 0 Å². The molecule has 0 aliphatic carbocycles. The van der Waals surface area contributed by atoms with Gasteiger partial charge in [0, 0.05) is 19.6 Å². The van der Waals surface area contributed by atoms with Crippen LogP contribution in [0.25, 0.3) is 0 Å². The van der Waals surface area contributed by atoms with Crippen LogP contribution in [0.4, 0.5) is 0 Å². The summed E-state index contributed by atoms with van der Waals surface area (Å²) in [5, 5.41) is 5.06. The molecule has 7 heteroatoms. The summed E-state index contributed by atoms with van der Waals surface area (Å²) in [4.78, 5) is 6.64. The Bertz CT molecular complexity index is 590. The average Bonchev–Trinajstić information content (AvgIpc) is 2.47. The Hall–Kier alpha value is -1.60.